The standard InChI is InChI=1S/C13H14N2O2/c1-10(16)9-13-14-12(15-17-13)8-7-11-5-3-2-4-6-11/h2-6H,7-9H2,1H3. The van der Waals surface area contributed by atoms with Gasteiger partial charge in [-0.05, 0) is 18.9 Å². The van der Waals surface area contributed by atoms with Crippen LogP contribution in [0.2, 0.25) is 0 Å². The third kappa shape index (κ3) is 3.52. The Kier molecular flexibility index (Phi) is 3.65. The first kappa shape index (κ1) is 11.5. The molecule has 0 bridgehead atoms. The van der Waals surface area contributed by atoms with Gasteiger partial charge in [-0.25, -0.2) is 0 Å². The maximum atomic E-state index is 10.9. The average molecular weight is 230 g/mol. The second-order valence-corrected chi connectivity index (χ2v) is 3.97. The van der Waals surface area contributed by atoms with Crippen LogP contribution in [-0.4, -0.2) is 15.9 Å². The summed E-state index contributed by atoms with van der Waals surface area (Å²) in [6.07, 6.45) is 1.82. The van der Waals surface area contributed by atoms with E-state index < -0.39 is 0 Å². The Labute approximate surface area is 99.7 Å². The summed E-state index contributed by atoms with van der Waals surface area (Å²) in [4.78, 5) is 15.0. The molecule has 1 aromatic carbocycles. The molecule has 2 aromatic rings. The SMILES string of the molecule is CC(=O)Cc1nc(CCc2ccccc2)no1. The maximum Gasteiger partial charge on any atom is 0.234 e. The number of Topliss-reactive ketones (excluding diaryl/α,β-unsaturated/α-hetero) is 1. The van der Waals surface area contributed by atoms with Crippen LogP contribution >= 0.6 is 0 Å². The Hall–Kier alpha value is -1.97. The van der Waals surface area contributed by atoms with Crippen LogP contribution in [0.5, 0.6) is 0 Å². The minimum absolute atomic E-state index is 0.0308. The molecule has 0 fully saturated rings. The highest BCUT2D eigenvalue weighted by molar-refractivity contribution is 5.77. The molecule has 1 aromatic heterocycles. The molecule has 0 saturated heterocycles. The van der Waals surface area contributed by atoms with Crippen molar-refractivity contribution in [3.63, 3.8) is 0 Å². The lowest BCUT2D eigenvalue weighted by Crippen LogP contribution is -1.97. The summed E-state index contributed by atoms with van der Waals surface area (Å²) in [5.74, 6) is 1.09. The molecule has 0 aliphatic carbocycles. The van der Waals surface area contributed by atoms with E-state index in [1.807, 2.05) is 18.2 Å². The van der Waals surface area contributed by atoms with Crippen molar-refractivity contribution in [2.75, 3.05) is 0 Å². The number of carbonyl (C=O) groups is 1. The molecule has 0 aliphatic rings. The molecule has 4 nitrogen and oxygen atoms in total. The summed E-state index contributed by atoms with van der Waals surface area (Å²) in [5, 5.41) is 3.85. The van der Waals surface area contributed by atoms with Crippen LogP contribution in [0.15, 0.2) is 34.9 Å². The summed E-state index contributed by atoms with van der Waals surface area (Å²) in [7, 11) is 0. The Morgan fingerprint density at radius 1 is 1.24 bits per heavy atom. The first-order chi connectivity index (χ1) is 8.24. The van der Waals surface area contributed by atoms with Crippen molar-refractivity contribution in [3.8, 4) is 0 Å². The minimum atomic E-state index is 0.0308. The van der Waals surface area contributed by atoms with E-state index in [1.54, 1.807) is 0 Å². The smallest absolute Gasteiger partial charge is 0.234 e. The molecule has 0 atom stereocenters. The minimum Gasteiger partial charge on any atom is -0.339 e. The molecular formula is C13H14N2O2. The normalized spacial score (nSPS) is 10.4. The van der Waals surface area contributed by atoms with Crippen LogP contribution in [0.1, 0.15) is 24.2 Å². The van der Waals surface area contributed by atoms with E-state index in [1.165, 1.54) is 12.5 Å². The number of aryl methyl sites for hydroxylation is 2. The Balaban J connectivity index is 1.91. The maximum absolute atomic E-state index is 10.9. The Morgan fingerprint density at radius 2 is 2.00 bits per heavy atom. The van der Waals surface area contributed by atoms with Gasteiger partial charge in [0, 0.05) is 6.42 Å². The van der Waals surface area contributed by atoms with Crippen molar-refractivity contribution >= 4 is 5.78 Å². The fraction of sp³-hybridized carbons (Fsp3) is 0.308. The molecule has 0 spiro atoms. The Morgan fingerprint density at radius 3 is 2.71 bits per heavy atom. The van der Waals surface area contributed by atoms with Crippen LogP contribution in [0.4, 0.5) is 0 Å². The second-order valence-electron chi connectivity index (χ2n) is 3.97. The van der Waals surface area contributed by atoms with Gasteiger partial charge in [0.25, 0.3) is 0 Å². The molecule has 0 amide bonds. The second kappa shape index (κ2) is 5.39. The lowest BCUT2D eigenvalue weighted by molar-refractivity contribution is -0.116. The molecule has 0 radical (unpaired) electrons. The van der Waals surface area contributed by atoms with Gasteiger partial charge in [0.15, 0.2) is 5.82 Å². The van der Waals surface area contributed by atoms with Gasteiger partial charge in [-0.3, -0.25) is 4.79 Å². The summed E-state index contributed by atoms with van der Waals surface area (Å²) < 4.78 is 4.98. The van der Waals surface area contributed by atoms with Crippen LogP contribution in [0, 0.1) is 0 Å². The molecule has 0 saturated carbocycles. The Bertz CT molecular complexity index is 491. The summed E-state index contributed by atoms with van der Waals surface area (Å²) in [5.41, 5.74) is 1.24. The average Bonchev–Trinajstić information content (AvgIpc) is 2.75. The van der Waals surface area contributed by atoms with E-state index >= 15 is 0 Å². The van der Waals surface area contributed by atoms with Gasteiger partial charge in [-0.1, -0.05) is 35.5 Å². The zero-order chi connectivity index (χ0) is 12.1. The number of ketones is 1. The zero-order valence-corrected chi connectivity index (χ0v) is 9.72. The monoisotopic (exact) mass is 230 g/mol. The zero-order valence-electron chi connectivity index (χ0n) is 9.72. The molecule has 4 heteroatoms. The topological polar surface area (TPSA) is 56.0 Å². The predicted molar refractivity (Wildman–Crippen MR) is 62.5 cm³/mol. The van der Waals surface area contributed by atoms with Crippen molar-refractivity contribution in [3.05, 3.63) is 47.6 Å². The predicted octanol–water partition coefficient (Wildman–Crippen LogP) is 1.99. The number of rotatable bonds is 5. The lowest BCUT2D eigenvalue weighted by Gasteiger charge is -1.96. The number of hydrogen-bond donors (Lipinski definition) is 0. The van der Waals surface area contributed by atoms with Gasteiger partial charge in [-0.15, -0.1) is 0 Å². The first-order valence-electron chi connectivity index (χ1n) is 5.59. The largest absolute Gasteiger partial charge is 0.339 e. The van der Waals surface area contributed by atoms with Gasteiger partial charge in [0.05, 0.1) is 6.42 Å². The van der Waals surface area contributed by atoms with Crippen molar-refractivity contribution in [2.24, 2.45) is 0 Å². The van der Waals surface area contributed by atoms with Crippen LogP contribution in [0.25, 0.3) is 0 Å². The quantitative estimate of drug-likeness (QED) is 0.788. The van der Waals surface area contributed by atoms with Crippen LogP contribution < -0.4 is 0 Å². The van der Waals surface area contributed by atoms with Crippen molar-refractivity contribution in [1.82, 2.24) is 10.1 Å². The van der Waals surface area contributed by atoms with E-state index in [9.17, 15) is 4.79 Å². The van der Waals surface area contributed by atoms with Gasteiger partial charge in [-0.2, -0.15) is 4.98 Å². The van der Waals surface area contributed by atoms with E-state index in [4.69, 9.17) is 4.52 Å². The van der Waals surface area contributed by atoms with Gasteiger partial charge in [0.1, 0.15) is 5.78 Å². The van der Waals surface area contributed by atoms with Gasteiger partial charge >= 0.3 is 0 Å². The van der Waals surface area contributed by atoms with Crippen LogP contribution in [-0.2, 0) is 24.1 Å². The molecule has 1 heterocycles. The molecule has 88 valence electrons. The highest BCUT2D eigenvalue weighted by atomic mass is 16.5. The number of benzene rings is 1. The molecule has 2 rings (SSSR count). The summed E-state index contributed by atoms with van der Waals surface area (Å²) >= 11 is 0. The van der Waals surface area contributed by atoms with Crippen molar-refractivity contribution < 1.29 is 9.32 Å². The highest BCUT2D eigenvalue weighted by Gasteiger charge is 2.08. The summed E-state index contributed by atoms with van der Waals surface area (Å²) in [6.45, 7) is 1.51. The number of aromatic nitrogens is 2. The van der Waals surface area contributed by atoms with Gasteiger partial charge in [0.2, 0.25) is 5.89 Å². The van der Waals surface area contributed by atoms with Crippen molar-refractivity contribution in [2.45, 2.75) is 26.2 Å². The molecule has 0 aliphatic heterocycles. The molecule has 0 N–H and O–H groups in total. The van der Waals surface area contributed by atoms with Gasteiger partial charge < -0.3 is 4.52 Å². The van der Waals surface area contributed by atoms with Crippen molar-refractivity contribution in [1.29, 1.82) is 0 Å². The molecule has 0 unspecified atom stereocenters. The van der Waals surface area contributed by atoms with E-state index in [-0.39, 0.29) is 12.2 Å². The number of nitrogens with zero attached hydrogens (tertiary/aromatic N) is 2. The lowest BCUT2D eigenvalue weighted by atomic mass is 10.1. The fourth-order valence-corrected chi connectivity index (χ4v) is 1.58. The number of hydrogen-bond acceptors (Lipinski definition) is 4. The highest BCUT2D eigenvalue weighted by Crippen LogP contribution is 2.05. The summed E-state index contributed by atoms with van der Waals surface area (Å²) in [6, 6.07) is 10.1. The third-order valence-electron chi connectivity index (χ3n) is 2.39. The molecule has 17 heavy (non-hydrogen) atoms. The fourth-order valence-electron chi connectivity index (χ4n) is 1.58. The van der Waals surface area contributed by atoms with E-state index in [0.29, 0.717) is 11.7 Å². The van der Waals surface area contributed by atoms with E-state index in [0.717, 1.165) is 12.8 Å². The molecular weight excluding hydrogens is 216 g/mol. The third-order valence-corrected chi connectivity index (χ3v) is 2.39. The number of carbonyl (C=O) groups excluding carboxylic acids is 1. The van der Waals surface area contributed by atoms with E-state index in [2.05, 4.69) is 22.3 Å². The van der Waals surface area contributed by atoms with Crippen LogP contribution in [0.3, 0.4) is 0 Å². The first-order valence-corrected chi connectivity index (χ1v) is 5.59.